The van der Waals surface area contributed by atoms with Crippen molar-refractivity contribution in [2.45, 2.75) is 64.9 Å². The molecule has 0 saturated heterocycles. The summed E-state index contributed by atoms with van der Waals surface area (Å²) in [6.45, 7) is 7.39. The number of benzene rings is 2. The number of rotatable bonds is 11. The van der Waals surface area contributed by atoms with Crippen molar-refractivity contribution in [1.29, 1.82) is 0 Å². The van der Waals surface area contributed by atoms with Crippen LogP contribution in [-0.2, 0) is 36.8 Å². The minimum absolute atomic E-state index is 0.0703. The van der Waals surface area contributed by atoms with Gasteiger partial charge in [-0.05, 0) is 45.2 Å². The van der Waals surface area contributed by atoms with Crippen LogP contribution < -0.4 is 5.32 Å². The number of esters is 1. The molecule has 0 radical (unpaired) electrons. The molecule has 7 heteroatoms. The zero-order chi connectivity index (χ0) is 25.1. The Hall–Kier alpha value is -3.19. The SMILES string of the molecule is COC(=O)[C@@H](CC(=O)[C@@H](NC(=O)OCc1ccccc1)C(C)OC(C)(C)C)Cc1ccccc1. The van der Waals surface area contributed by atoms with E-state index >= 15 is 0 Å². The zero-order valence-corrected chi connectivity index (χ0v) is 20.6. The Morgan fingerprint density at radius 2 is 1.47 bits per heavy atom. The Bertz CT molecular complexity index is 923. The molecule has 0 bridgehead atoms. The van der Waals surface area contributed by atoms with Gasteiger partial charge in [-0.25, -0.2) is 4.79 Å². The van der Waals surface area contributed by atoms with Gasteiger partial charge in [-0.15, -0.1) is 0 Å². The second-order valence-corrected chi connectivity index (χ2v) is 9.20. The van der Waals surface area contributed by atoms with Crippen molar-refractivity contribution in [3.8, 4) is 0 Å². The second-order valence-electron chi connectivity index (χ2n) is 9.20. The molecule has 1 unspecified atom stereocenters. The highest BCUT2D eigenvalue weighted by Gasteiger charge is 2.34. The lowest BCUT2D eigenvalue weighted by Gasteiger charge is -2.31. The van der Waals surface area contributed by atoms with E-state index in [1.54, 1.807) is 6.92 Å². The summed E-state index contributed by atoms with van der Waals surface area (Å²) >= 11 is 0. The van der Waals surface area contributed by atoms with Crippen LogP contribution in [0.15, 0.2) is 60.7 Å². The maximum Gasteiger partial charge on any atom is 0.408 e. The van der Waals surface area contributed by atoms with Gasteiger partial charge in [0.25, 0.3) is 0 Å². The highest BCUT2D eigenvalue weighted by atomic mass is 16.6. The molecule has 0 fully saturated rings. The summed E-state index contributed by atoms with van der Waals surface area (Å²) in [5.41, 5.74) is 1.20. The first-order valence-corrected chi connectivity index (χ1v) is 11.4. The van der Waals surface area contributed by atoms with Crippen LogP contribution in [0, 0.1) is 5.92 Å². The minimum Gasteiger partial charge on any atom is -0.469 e. The molecule has 0 saturated carbocycles. The lowest BCUT2D eigenvalue weighted by atomic mass is 9.91. The molecule has 7 nitrogen and oxygen atoms in total. The summed E-state index contributed by atoms with van der Waals surface area (Å²) in [7, 11) is 1.30. The average molecular weight is 470 g/mol. The smallest absolute Gasteiger partial charge is 0.408 e. The van der Waals surface area contributed by atoms with Crippen LogP contribution in [0.5, 0.6) is 0 Å². The molecule has 2 aromatic rings. The van der Waals surface area contributed by atoms with Crippen molar-refractivity contribution in [3.63, 3.8) is 0 Å². The Morgan fingerprint density at radius 1 is 0.912 bits per heavy atom. The second kappa shape index (κ2) is 12.9. The van der Waals surface area contributed by atoms with E-state index in [1.165, 1.54) is 7.11 Å². The maximum absolute atomic E-state index is 13.3. The molecule has 0 heterocycles. The summed E-state index contributed by atoms with van der Waals surface area (Å²) in [6, 6.07) is 17.7. The number of ketones is 1. The van der Waals surface area contributed by atoms with Gasteiger partial charge in [0.15, 0.2) is 5.78 Å². The molecule has 0 aliphatic rings. The topological polar surface area (TPSA) is 90.9 Å². The van der Waals surface area contributed by atoms with Crippen LogP contribution in [0.1, 0.15) is 45.2 Å². The van der Waals surface area contributed by atoms with E-state index in [4.69, 9.17) is 14.2 Å². The molecule has 1 N–H and O–H groups in total. The van der Waals surface area contributed by atoms with E-state index in [2.05, 4.69) is 5.32 Å². The fourth-order valence-electron chi connectivity index (χ4n) is 3.65. The molecule has 0 aliphatic heterocycles. The Labute approximate surface area is 201 Å². The van der Waals surface area contributed by atoms with Crippen molar-refractivity contribution in [2.24, 2.45) is 5.92 Å². The van der Waals surface area contributed by atoms with Gasteiger partial charge in [0.05, 0.1) is 24.7 Å². The highest BCUT2D eigenvalue weighted by Crippen LogP contribution is 2.19. The zero-order valence-electron chi connectivity index (χ0n) is 20.6. The number of Topliss-reactive ketones (excluding diaryl/α,β-unsaturated/α-hetero) is 1. The predicted octanol–water partition coefficient (Wildman–Crippen LogP) is 4.48. The fraction of sp³-hybridized carbons (Fsp3) is 0.444. The first-order chi connectivity index (χ1) is 16.1. The highest BCUT2D eigenvalue weighted by molar-refractivity contribution is 5.91. The van der Waals surface area contributed by atoms with Crippen LogP contribution >= 0.6 is 0 Å². The summed E-state index contributed by atoms with van der Waals surface area (Å²) in [4.78, 5) is 38.3. The van der Waals surface area contributed by atoms with E-state index in [9.17, 15) is 14.4 Å². The van der Waals surface area contributed by atoms with Gasteiger partial charge in [-0.1, -0.05) is 60.7 Å². The largest absolute Gasteiger partial charge is 0.469 e. The number of carbonyl (C=O) groups excluding carboxylic acids is 3. The normalized spacial score (nSPS) is 13.9. The number of hydrogen-bond acceptors (Lipinski definition) is 6. The first kappa shape index (κ1) is 27.1. The summed E-state index contributed by atoms with van der Waals surface area (Å²) in [5.74, 6) is -1.50. The van der Waals surface area contributed by atoms with E-state index in [0.717, 1.165) is 11.1 Å². The Morgan fingerprint density at radius 3 is 2.00 bits per heavy atom. The van der Waals surface area contributed by atoms with Crippen molar-refractivity contribution < 1.29 is 28.6 Å². The summed E-state index contributed by atoms with van der Waals surface area (Å²) in [5, 5.41) is 2.65. The van der Waals surface area contributed by atoms with Gasteiger partial charge in [-0.3, -0.25) is 9.59 Å². The Kier molecular flexibility index (Phi) is 10.3. The van der Waals surface area contributed by atoms with Gasteiger partial charge < -0.3 is 19.5 Å². The third-order valence-electron chi connectivity index (χ3n) is 5.15. The molecule has 2 aromatic carbocycles. The molecule has 34 heavy (non-hydrogen) atoms. The number of amides is 1. The number of ether oxygens (including phenoxy) is 3. The molecule has 0 spiro atoms. The maximum atomic E-state index is 13.3. The molecule has 3 atom stereocenters. The number of hydrogen-bond donors (Lipinski definition) is 1. The molecular weight excluding hydrogens is 434 g/mol. The van der Waals surface area contributed by atoms with Gasteiger partial charge in [0.1, 0.15) is 12.6 Å². The predicted molar refractivity (Wildman–Crippen MR) is 129 cm³/mol. The average Bonchev–Trinajstić information content (AvgIpc) is 2.80. The van der Waals surface area contributed by atoms with Crippen LogP contribution in [0.4, 0.5) is 4.79 Å². The van der Waals surface area contributed by atoms with Gasteiger partial charge >= 0.3 is 12.1 Å². The van der Waals surface area contributed by atoms with Crippen molar-refractivity contribution >= 4 is 17.8 Å². The van der Waals surface area contributed by atoms with E-state index < -0.39 is 35.7 Å². The van der Waals surface area contributed by atoms with Gasteiger partial charge in [-0.2, -0.15) is 0 Å². The van der Waals surface area contributed by atoms with Crippen molar-refractivity contribution in [2.75, 3.05) is 7.11 Å². The van der Waals surface area contributed by atoms with Crippen LogP contribution in [0.3, 0.4) is 0 Å². The number of methoxy groups -OCH3 is 1. The number of alkyl carbamates (subject to hydrolysis) is 1. The Balaban J connectivity index is 2.13. The lowest BCUT2D eigenvalue weighted by Crippen LogP contribution is -2.51. The number of carbonyl (C=O) groups is 3. The van der Waals surface area contributed by atoms with Crippen LogP contribution in [0.2, 0.25) is 0 Å². The standard InChI is InChI=1S/C27H35NO6/c1-19(34-27(2,3)4)24(28-26(31)33-18-21-14-10-7-11-15-21)23(29)17-22(25(30)32-5)16-20-12-8-6-9-13-20/h6-15,19,22,24H,16-18H2,1-5H3,(H,28,31)/t19?,22-,24+/m1/s1. The summed E-state index contributed by atoms with van der Waals surface area (Å²) < 4.78 is 16.2. The lowest BCUT2D eigenvalue weighted by molar-refractivity contribution is -0.148. The molecule has 2 rings (SSSR count). The number of nitrogens with one attached hydrogen (secondary N) is 1. The van der Waals surface area contributed by atoms with E-state index in [1.807, 2.05) is 81.4 Å². The quantitative estimate of drug-likeness (QED) is 0.488. The first-order valence-electron chi connectivity index (χ1n) is 11.4. The molecule has 0 aliphatic carbocycles. The monoisotopic (exact) mass is 469 g/mol. The molecule has 184 valence electrons. The van der Waals surface area contributed by atoms with Crippen molar-refractivity contribution in [1.82, 2.24) is 5.32 Å². The minimum atomic E-state index is -0.995. The van der Waals surface area contributed by atoms with Gasteiger partial charge in [0, 0.05) is 6.42 Å². The molecular formula is C27H35NO6. The van der Waals surface area contributed by atoms with Crippen LogP contribution in [0.25, 0.3) is 0 Å². The van der Waals surface area contributed by atoms with Crippen LogP contribution in [-0.4, -0.2) is 42.7 Å². The molecule has 1 amide bonds. The van der Waals surface area contributed by atoms with Crippen molar-refractivity contribution in [3.05, 3.63) is 71.8 Å². The fourth-order valence-corrected chi connectivity index (χ4v) is 3.65. The third-order valence-corrected chi connectivity index (χ3v) is 5.15. The molecule has 0 aromatic heterocycles. The summed E-state index contributed by atoms with van der Waals surface area (Å²) in [6.07, 6.45) is -1.14. The van der Waals surface area contributed by atoms with E-state index in [0.29, 0.717) is 6.42 Å². The van der Waals surface area contributed by atoms with E-state index in [-0.39, 0.29) is 18.8 Å². The van der Waals surface area contributed by atoms with Gasteiger partial charge in [0.2, 0.25) is 0 Å². The third kappa shape index (κ3) is 9.35.